The molecule has 1 saturated heterocycles. The van der Waals surface area contributed by atoms with Crippen LogP contribution in [-0.4, -0.2) is 43.5 Å². The van der Waals surface area contributed by atoms with Crippen LogP contribution >= 0.6 is 11.6 Å². The van der Waals surface area contributed by atoms with E-state index in [2.05, 4.69) is 0 Å². The maximum Gasteiger partial charge on any atom is 0.341 e. The zero-order valence-corrected chi connectivity index (χ0v) is 12.2. The minimum Gasteiger partial charge on any atom is -0.480 e. The topological polar surface area (TPSA) is 83.9 Å². The maximum absolute atomic E-state index is 12.5. The van der Waals surface area contributed by atoms with Crippen molar-refractivity contribution in [3.8, 4) is 5.75 Å². The van der Waals surface area contributed by atoms with Crippen LogP contribution in [-0.2, 0) is 14.8 Å². The number of carboxylic acid groups (broad SMARTS) is 1. The van der Waals surface area contributed by atoms with Gasteiger partial charge in [-0.2, -0.15) is 4.31 Å². The van der Waals surface area contributed by atoms with E-state index in [1.54, 1.807) is 0 Å². The highest BCUT2D eigenvalue weighted by molar-refractivity contribution is 7.89. The highest BCUT2D eigenvalue weighted by atomic mass is 35.5. The van der Waals surface area contributed by atoms with Gasteiger partial charge in [-0.05, 0) is 31.0 Å². The summed E-state index contributed by atoms with van der Waals surface area (Å²) in [5.41, 5.74) is 0. The van der Waals surface area contributed by atoms with Crippen molar-refractivity contribution in [2.45, 2.75) is 17.7 Å². The van der Waals surface area contributed by atoms with E-state index >= 15 is 0 Å². The smallest absolute Gasteiger partial charge is 0.341 e. The Balaban J connectivity index is 2.37. The Morgan fingerprint density at radius 1 is 1.35 bits per heavy atom. The van der Waals surface area contributed by atoms with E-state index in [4.69, 9.17) is 21.4 Å². The number of benzene rings is 1. The second kappa shape index (κ2) is 5.99. The van der Waals surface area contributed by atoms with E-state index in [0.717, 1.165) is 12.8 Å². The second-order valence-corrected chi connectivity index (χ2v) is 6.73. The number of ether oxygens (including phenoxy) is 1. The fraction of sp³-hybridized carbons (Fsp3) is 0.417. The number of carbonyl (C=O) groups is 1. The van der Waals surface area contributed by atoms with Crippen LogP contribution in [0.4, 0.5) is 0 Å². The van der Waals surface area contributed by atoms with Crippen molar-refractivity contribution in [1.82, 2.24) is 4.31 Å². The van der Waals surface area contributed by atoms with Gasteiger partial charge in [-0.3, -0.25) is 0 Å². The highest BCUT2D eigenvalue weighted by Crippen LogP contribution is 2.31. The van der Waals surface area contributed by atoms with Crippen LogP contribution in [0.5, 0.6) is 5.75 Å². The van der Waals surface area contributed by atoms with Gasteiger partial charge in [0.25, 0.3) is 0 Å². The highest BCUT2D eigenvalue weighted by Gasteiger charge is 2.30. The van der Waals surface area contributed by atoms with Gasteiger partial charge in [-0.15, -0.1) is 0 Å². The third-order valence-electron chi connectivity index (χ3n) is 2.94. The molecule has 8 heteroatoms. The third kappa shape index (κ3) is 3.23. The van der Waals surface area contributed by atoms with E-state index in [0.29, 0.717) is 13.1 Å². The summed E-state index contributed by atoms with van der Waals surface area (Å²) in [5.74, 6) is -1.17. The van der Waals surface area contributed by atoms with Crippen molar-refractivity contribution < 1.29 is 23.1 Å². The third-order valence-corrected chi connectivity index (χ3v) is 5.09. The SMILES string of the molecule is O=C(O)COc1ccc(Cl)cc1S(=O)(=O)N1CCCC1. The van der Waals surface area contributed by atoms with Gasteiger partial charge in [0, 0.05) is 18.1 Å². The van der Waals surface area contributed by atoms with Crippen LogP contribution < -0.4 is 4.74 Å². The van der Waals surface area contributed by atoms with Gasteiger partial charge in [0.2, 0.25) is 10.0 Å². The van der Waals surface area contributed by atoms with Crippen LogP contribution in [0.2, 0.25) is 5.02 Å². The number of rotatable bonds is 5. The molecule has 0 radical (unpaired) electrons. The Bertz CT molecular complexity index is 610. The van der Waals surface area contributed by atoms with Crippen molar-refractivity contribution >= 4 is 27.6 Å². The lowest BCUT2D eigenvalue weighted by Crippen LogP contribution is -2.28. The molecule has 1 fully saturated rings. The zero-order chi connectivity index (χ0) is 14.8. The molecule has 0 amide bonds. The Morgan fingerprint density at radius 2 is 2.00 bits per heavy atom. The largest absolute Gasteiger partial charge is 0.480 e. The molecule has 0 saturated carbocycles. The Morgan fingerprint density at radius 3 is 2.60 bits per heavy atom. The van der Waals surface area contributed by atoms with Crippen LogP contribution in [0, 0.1) is 0 Å². The monoisotopic (exact) mass is 319 g/mol. The Labute approximate surface area is 122 Å². The summed E-state index contributed by atoms with van der Waals surface area (Å²) in [6, 6.07) is 4.11. The fourth-order valence-electron chi connectivity index (χ4n) is 2.01. The number of hydrogen-bond acceptors (Lipinski definition) is 4. The minimum absolute atomic E-state index is 0.00343. The van der Waals surface area contributed by atoms with E-state index in [1.807, 2.05) is 0 Å². The first kappa shape index (κ1) is 15.1. The first-order chi connectivity index (χ1) is 9.41. The predicted molar refractivity (Wildman–Crippen MR) is 72.6 cm³/mol. The summed E-state index contributed by atoms with van der Waals surface area (Å²) in [5, 5.41) is 8.88. The second-order valence-electron chi connectivity index (χ2n) is 4.38. The van der Waals surface area contributed by atoms with Crippen LogP contribution in [0.1, 0.15) is 12.8 Å². The molecule has 0 aliphatic carbocycles. The van der Waals surface area contributed by atoms with Gasteiger partial charge in [-0.25, -0.2) is 13.2 Å². The molecule has 1 aromatic carbocycles. The summed E-state index contributed by atoms with van der Waals surface area (Å²) in [6.45, 7) is 0.296. The lowest BCUT2D eigenvalue weighted by Gasteiger charge is -2.18. The van der Waals surface area contributed by atoms with Crippen molar-refractivity contribution in [1.29, 1.82) is 0 Å². The standard InChI is InChI=1S/C12H14ClNO5S/c13-9-3-4-10(19-8-12(15)16)11(7-9)20(17,18)14-5-1-2-6-14/h3-4,7H,1-2,5-6,8H2,(H,15,16). The molecule has 1 N–H and O–H groups in total. The molecular formula is C12H14ClNO5S. The van der Waals surface area contributed by atoms with E-state index in [-0.39, 0.29) is 15.7 Å². The first-order valence-electron chi connectivity index (χ1n) is 6.05. The van der Waals surface area contributed by atoms with Gasteiger partial charge in [0.05, 0.1) is 0 Å². The molecule has 0 bridgehead atoms. The van der Waals surface area contributed by atoms with E-state index < -0.39 is 22.6 Å². The summed E-state index contributed by atoms with van der Waals surface area (Å²) in [4.78, 5) is 10.5. The summed E-state index contributed by atoms with van der Waals surface area (Å²) >= 11 is 5.84. The van der Waals surface area contributed by atoms with E-state index in [9.17, 15) is 13.2 Å². The first-order valence-corrected chi connectivity index (χ1v) is 7.87. The molecule has 0 aromatic heterocycles. The number of aliphatic carboxylic acids is 1. The molecule has 6 nitrogen and oxygen atoms in total. The van der Waals surface area contributed by atoms with E-state index in [1.165, 1.54) is 22.5 Å². The molecule has 0 unspecified atom stereocenters. The van der Waals surface area contributed by atoms with Crippen molar-refractivity contribution in [3.05, 3.63) is 23.2 Å². The summed E-state index contributed by atoms with van der Waals surface area (Å²) in [7, 11) is -3.71. The van der Waals surface area contributed by atoms with Gasteiger partial charge < -0.3 is 9.84 Å². The number of hydrogen-bond donors (Lipinski definition) is 1. The lowest BCUT2D eigenvalue weighted by atomic mass is 10.3. The van der Waals surface area contributed by atoms with Crippen LogP contribution in [0.15, 0.2) is 23.1 Å². The molecule has 1 heterocycles. The molecule has 20 heavy (non-hydrogen) atoms. The van der Waals surface area contributed by atoms with Crippen LogP contribution in [0.25, 0.3) is 0 Å². The molecule has 1 aliphatic heterocycles. The molecule has 2 rings (SSSR count). The molecule has 1 aliphatic rings. The van der Waals surface area contributed by atoms with Gasteiger partial charge >= 0.3 is 5.97 Å². The van der Waals surface area contributed by atoms with Gasteiger partial charge in [-0.1, -0.05) is 11.6 Å². The average molecular weight is 320 g/mol. The lowest BCUT2D eigenvalue weighted by molar-refractivity contribution is -0.139. The van der Waals surface area contributed by atoms with Gasteiger partial charge in [0.15, 0.2) is 6.61 Å². The normalized spacial score (nSPS) is 16.2. The minimum atomic E-state index is -3.71. The zero-order valence-electron chi connectivity index (χ0n) is 10.6. The van der Waals surface area contributed by atoms with Crippen molar-refractivity contribution in [2.75, 3.05) is 19.7 Å². The Hall–Kier alpha value is -1.31. The number of nitrogens with zero attached hydrogens (tertiary/aromatic N) is 1. The number of sulfonamides is 1. The van der Waals surface area contributed by atoms with Crippen molar-refractivity contribution in [3.63, 3.8) is 0 Å². The summed E-state index contributed by atoms with van der Waals surface area (Å²) in [6.07, 6.45) is 1.62. The van der Waals surface area contributed by atoms with Crippen LogP contribution in [0.3, 0.4) is 0 Å². The molecule has 0 spiro atoms. The predicted octanol–water partition coefficient (Wildman–Crippen LogP) is 1.59. The molecular weight excluding hydrogens is 306 g/mol. The fourth-order valence-corrected chi connectivity index (χ4v) is 3.92. The number of carboxylic acids is 1. The van der Waals surface area contributed by atoms with Gasteiger partial charge in [0.1, 0.15) is 10.6 Å². The Kier molecular flexibility index (Phi) is 4.52. The molecule has 110 valence electrons. The molecule has 1 aromatic rings. The number of halogens is 1. The molecule has 0 atom stereocenters. The quantitative estimate of drug-likeness (QED) is 0.891. The summed E-state index contributed by atoms with van der Waals surface area (Å²) < 4.78 is 31.4. The average Bonchev–Trinajstić information content (AvgIpc) is 2.91. The maximum atomic E-state index is 12.5. The van der Waals surface area contributed by atoms with Crippen molar-refractivity contribution in [2.24, 2.45) is 0 Å².